The van der Waals surface area contributed by atoms with Gasteiger partial charge in [-0.15, -0.1) is 0 Å². The Morgan fingerprint density at radius 1 is 1.10 bits per heavy atom. The predicted molar refractivity (Wildman–Crippen MR) is 72.7 cm³/mol. The van der Waals surface area contributed by atoms with Crippen LogP contribution in [0.1, 0.15) is 18.4 Å². The molecule has 2 nitrogen and oxygen atoms in total. The Kier molecular flexibility index (Phi) is 3.65. The van der Waals surface area contributed by atoms with Crippen molar-refractivity contribution in [2.75, 3.05) is 0 Å². The summed E-state index contributed by atoms with van der Waals surface area (Å²) in [5.74, 6) is 0.0932. The van der Waals surface area contributed by atoms with Crippen LogP contribution in [-0.4, -0.2) is 6.04 Å². The summed E-state index contributed by atoms with van der Waals surface area (Å²) in [6, 6.07) is 11.0. The van der Waals surface area contributed by atoms with Crippen molar-refractivity contribution >= 4 is 0 Å². The van der Waals surface area contributed by atoms with Gasteiger partial charge in [0.2, 0.25) is 0 Å². The summed E-state index contributed by atoms with van der Waals surface area (Å²) in [5.41, 5.74) is 0.476. The van der Waals surface area contributed by atoms with Crippen LogP contribution in [0.25, 0.3) is 0 Å². The summed E-state index contributed by atoms with van der Waals surface area (Å²) in [6.45, 7) is 0.419. The molecule has 0 aliphatic heterocycles. The third kappa shape index (κ3) is 3.14. The lowest BCUT2D eigenvalue weighted by Gasteiger charge is -2.12. The second-order valence-corrected chi connectivity index (χ2v) is 4.93. The van der Waals surface area contributed by atoms with Crippen molar-refractivity contribution in [3.8, 4) is 11.5 Å². The molecule has 0 unspecified atom stereocenters. The summed E-state index contributed by atoms with van der Waals surface area (Å²) in [7, 11) is 0. The van der Waals surface area contributed by atoms with Crippen molar-refractivity contribution in [3.05, 3.63) is 59.7 Å². The van der Waals surface area contributed by atoms with Crippen molar-refractivity contribution in [3.63, 3.8) is 0 Å². The number of hydrogen-bond donors (Lipinski definition) is 1. The van der Waals surface area contributed by atoms with Crippen LogP contribution in [0.2, 0.25) is 0 Å². The zero-order valence-corrected chi connectivity index (χ0v) is 10.9. The number of ether oxygens (including phenoxy) is 1. The van der Waals surface area contributed by atoms with Gasteiger partial charge in [-0.05, 0) is 37.1 Å². The van der Waals surface area contributed by atoms with Crippen LogP contribution in [0.3, 0.4) is 0 Å². The van der Waals surface area contributed by atoms with Gasteiger partial charge in [0, 0.05) is 24.2 Å². The molecular weight excluding hydrogens is 260 g/mol. The topological polar surface area (TPSA) is 21.3 Å². The smallest absolute Gasteiger partial charge is 0.134 e. The van der Waals surface area contributed by atoms with E-state index in [2.05, 4.69) is 5.32 Å². The van der Waals surface area contributed by atoms with Crippen LogP contribution in [0, 0.1) is 11.6 Å². The normalized spacial score (nSPS) is 14.3. The summed E-state index contributed by atoms with van der Waals surface area (Å²) in [4.78, 5) is 0. The molecule has 0 aromatic heterocycles. The van der Waals surface area contributed by atoms with E-state index in [4.69, 9.17) is 4.74 Å². The third-order valence-corrected chi connectivity index (χ3v) is 3.24. The van der Waals surface area contributed by atoms with Gasteiger partial charge in [0.1, 0.15) is 23.1 Å². The molecule has 3 rings (SSSR count). The standard InChI is InChI=1S/C16H15F2NO/c17-11-3-1-4-13(9-11)20-16-6-2-5-15(18)14(16)10-19-12-7-8-12/h1-6,9,12,19H,7-8,10H2. The van der Waals surface area contributed by atoms with Crippen molar-refractivity contribution in [1.29, 1.82) is 0 Å². The quantitative estimate of drug-likeness (QED) is 0.890. The highest BCUT2D eigenvalue weighted by Crippen LogP contribution is 2.28. The molecule has 0 atom stereocenters. The lowest BCUT2D eigenvalue weighted by molar-refractivity contribution is 0.457. The first-order valence-corrected chi connectivity index (χ1v) is 6.66. The first-order chi connectivity index (χ1) is 9.72. The van der Waals surface area contributed by atoms with E-state index in [1.807, 2.05) is 0 Å². The monoisotopic (exact) mass is 275 g/mol. The molecule has 2 aromatic carbocycles. The molecule has 20 heavy (non-hydrogen) atoms. The Hall–Kier alpha value is -1.94. The number of rotatable bonds is 5. The van der Waals surface area contributed by atoms with Gasteiger partial charge in [0.15, 0.2) is 0 Å². The van der Waals surface area contributed by atoms with Gasteiger partial charge < -0.3 is 10.1 Å². The van der Waals surface area contributed by atoms with Crippen molar-refractivity contribution in [2.24, 2.45) is 0 Å². The largest absolute Gasteiger partial charge is 0.457 e. The molecule has 1 aliphatic rings. The fourth-order valence-electron chi connectivity index (χ4n) is 2.00. The predicted octanol–water partition coefficient (Wildman–Crippen LogP) is 4.01. The van der Waals surface area contributed by atoms with E-state index >= 15 is 0 Å². The molecule has 0 heterocycles. The molecule has 1 saturated carbocycles. The van der Waals surface area contributed by atoms with Gasteiger partial charge in [0.05, 0.1) is 0 Å². The van der Waals surface area contributed by atoms with Crippen LogP contribution in [-0.2, 0) is 6.54 Å². The van der Waals surface area contributed by atoms with Crippen LogP contribution in [0.5, 0.6) is 11.5 Å². The fraction of sp³-hybridized carbons (Fsp3) is 0.250. The highest BCUT2D eigenvalue weighted by molar-refractivity contribution is 5.38. The van der Waals surface area contributed by atoms with E-state index in [0.717, 1.165) is 12.8 Å². The van der Waals surface area contributed by atoms with Crippen molar-refractivity contribution < 1.29 is 13.5 Å². The molecule has 104 valence electrons. The van der Waals surface area contributed by atoms with Crippen LogP contribution >= 0.6 is 0 Å². The maximum Gasteiger partial charge on any atom is 0.134 e. The van der Waals surface area contributed by atoms with E-state index < -0.39 is 0 Å². The number of halogens is 2. The minimum atomic E-state index is -0.378. The molecule has 2 aromatic rings. The average molecular weight is 275 g/mol. The minimum absolute atomic E-state index is 0.313. The lowest BCUT2D eigenvalue weighted by atomic mass is 10.2. The van der Waals surface area contributed by atoms with Crippen LogP contribution in [0.15, 0.2) is 42.5 Å². The van der Waals surface area contributed by atoms with Gasteiger partial charge in [-0.3, -0.25) is 0 Å². The van der Waals surface area contributed by atoms with E-state index in [1.54, 1.807) is 24.3 Å². The van der Waals surface area contributed by atoms with Gasteiger partial charge in [-0.25, -0.2) is 8.78 Å². The second-order valence-electron chi connectivity index (χ2n) is 4.93. The zero-order valence-electron chi connectivity index (χ0n) is 10.9. The molecule has 4 heteroatoms. The average Bonchev–Trinajstić information content (AvgIpc) is 3.22. The summed E-state index contributed by atoms with van der Waals surface area (Å²) in [6.07, 6.45) is 2.27. The first-order valence-electron chi connectivity index (χ1n) is 6.66. The third-order valence-electron chi connectivity index (χ3n) is 3.24. The Morgan fingerprint density at radius 2 is 1.90 bits per heavy atom. The lowest BCUT2D eigenvalue weighted by Crippen LogP contribution is -2.16. The molecule has 0 spiro atoms. The minimum Gasteiger partial charge on any atom is -0.457 e. The SMILES string of the molecule is Fc1cccc(Oc2cccc(F)c2CNC2CC2)c1. The van der Waals surface area contributed by atoms with Crippen molar-refractivity contribution in [2.45, 2.75) is 25.4 Å². The van der Waals surface area contributed by atoms with Gasteiger partial charge >= 0.3 is 0 Å². The Labute approximate surface area is 116 Å². The summed E-state index contributed by atoms with van der Waals surface area (Å²) < 4.78 is 32.7. The van der Waals surface area contributed by atoms with E-state index in [1.165, 1.54) is 18.2 Å². The Bertz CT molecular complexity index is 611. The van der Waals surface area contributed by atoms with Gasteiger partial charge in [-0.1, -0.05) is 12.1 Å². The maximum atomic E-state index is 13.9. The molecule has 0 amide bonds. The van der Waals surface area contributed by atoms with Gasteiger partial charge in [0.25, 0.3) is 0 Å². The Balaban J connectivity index is 1.82. The van der Waals surface area contributed by atoms with Crippen LogP contribution < -0.4 is 10.1 Å². The molecule has 1 N–H and O–H groups in total. The highest BCUT2D eigenvalue weighted by atomic mass is 19.1. The summed E-state index contributed by atoms with van der Waals surface area (Å²) in [5, 5.41) is 3.26. The first kappa shape index (κ1) is 13.1. The molecular formula is C16H15F2NO. The molecule has 0 radical (unpaired) electrons. The number of hydrogen-bond acceptors (Lipinski definition) is 2. The maximum absolute atomic E-state index is 13.9. The summed E-state index contributed by atoms with van der Waals surface area (Å²) >= 11 is 0. The highest BCUT2D eigenvalue weighted by Gasteiger charge is 2.21. The number of benzene rings is 2. The number of nitrogens with one attached hydrogen (secondary N) is 1. The van der Waals surface area contributed by atoms with Gasteiger partial charge in [-0.2, -0.15) is 0 Å². The second kappa shape index (κ2) is 5.59. The van der Waals surface area contributed by atoms with Crippen molar-refractivity contribution in [1.82, 2.24) is 5.32 Å². The molecule has 1 aliphatic carbocycles. The molecule has 1 fully saturated rings. The molecule has 0 bridgehead atoms. The molecule has 0 saturated heterocycles. The van der Waals surface area contributed by atoms with E-state index in [-0.39, 0.29) is 11.6 Å². The van der Waals surface area contributed by atoms with E-state index in [9.17, 15) is 8.78 Å². The zero-order chi connectivity index (χ0) is 13.9. The van der Waals surface area contributed by atoms with Crippen LogP contribution in [0.4, 0.5) is 8.78 Å². The Morgan fingerprint density at radius 3 is 2.65 bits per heavy atom. The fourth-order valence-corrected chi connectivity index (χ4v) is 2.00. The van der Waals surface area contributed by atoms with E-state index in [0.29, 0.717) is 29.6 Å².